The average molecular weight is 382 g/mol. The first kappa shape index (κ1) is 18.5. The van der Waals surface area contributed by atoms with Crippen LogP contribution in [0.5, 0.6) is 5.75 Å². The van der Waals surface area contributed by atoms with Crippen LogP contribution >= 0.6 is 0 Å². The van der Waals surface area contributed by atoms with Crippen molar-refractivity contribution >= 4 is 0 Å². The van der Waals surface area contributed by atoms with Crippen molar-refractivity contribution < 1.29 is 9.13 Å². The fourth-order valence-electron chi connectivity index (χ4n) is 3.99. The summed E-state index contributed by atoms with van der Waals surface area (Å²) in [6.07, 6.45) is 3.46. The zero-order chi connectivity index (χ0) is 19.5. The van der Waals surface area contributed by atoms with Gasteiger partial charge in [0.25, 0.3) is 0 Å². The van der Waals surface area contributed by atoms with E-state index < -0.39 is 0 Å². The molecule has 1 heterocycles. The van der Waals surface area contributed by atoms with Crippen LogP contribution in [0.25, 0.3) is 5.69 Å². The van der Waals surface area contributed by atoms with Crippen molar-refractivity contribution in [3.63, 3.8) is 0 Å². The molecule has 0 saturated heterocycles. The smallest absolute Gasteiger partial charge is 0.143 e. The van der Waals surface area contributed by atoms with Crippen LogP contribution < -0.4 is 15.8 Å². The molecule has 3 atom stereocenters. The minimum Gasteiger partial charge on any atom is -0.496 e. The number of halogens is 1. The third-order valence-corrected chi connectivity index (χ3v) is 5.39. The minimum atomic E-state index is -0.232. The molecule has 0 radical (unpaired) electrons. The molecule has 1 aliphatic carbocycles. The SMILES string of the molecule is COc1ccc(-n2cnnn2)cc1CN[C@H]1CC[C@H](N)[C@H]1c1ccc(F)cc1. The number of hydrogen-bond donors (Lipinski definition) is 2. The van der Waals surface area contributed by atoms with E-state index in [0.717, 1.165) is 35.4 Å². The second-order valence-corrected chi connectivity index (χ2v) is 7.06. The maximum atomic E-state index is 13.3. The first-order valence-corrected chi connectivity index (χ1v) is 9.30. The van der Waals surface area contributed by atoms with Gasteiger partial charge in [-0.15, -0.1) is 5.10 Å². The Morgan fingerprint density at radius 1 is 1.21 bits per heavy atom. The molecule has 28 heavy (non-hydrogen) atoms. The molecule has 1 aliphatic rings. The molecule has 0 spiro atoms. The third kappa shape index (κ3) is 3.74. The van der Waals surface area contributed by atoms with Crippen LogP contribution in [-0.2, 0) is 6.54 Å². The molecule has 0 unspecified atom stereocenters. The molecule has 3 N–H and O–H groups in total. The van der Waals surface area contributed by atoms with Crippen molar-refractivity contribution in [1.82, 2.24) is 25.5 Å². The lowest BCUT2D eigenvalue weighted by molar-refractivity contribution is 0.401. The topological polar surface area (TPSA) is 90.9 Å². The van der Waals surface area contributed by atoms with Crippen molar-refractivity contribution in [3.8, 4) is 11.4 Å². The fraction of sp³-hybridized carbons (Fsp3) is 0.350. The van der Waals surface area contributed by atoms with E-state index in [0.29, 0.717) is 6.54 Å². The first-order chi connectivity index (χ1) is 13.7. The van der Waals surface area contributed by atoms with Gasteiger partial charge in [-0.2, -0.15) is 0 Å². The van der Waals surface area contributed by atoms with Gasteiger partial charge >= 0.3 is 0 Å². The zero-order valence-corrected chi connectivity index (χ0v) is 15.6. The molecule has 0 amide bonds. The largest absolute Gasteiger partial charge is 0.496 e. The second kappa shape index (κ2) is 8.04. The Balaban J connectivity index is 1.53. The maximum Gasteiger partial charge on any atom is 0.143 e. The molecule has 8 heteroatoms. The van der Waals surface area contributed by atoms with Crippen molar-refractivity contribution in [1.29, 1.82) is 0 Å². The van der Waals surface area contributed by atoms with Gasteiger partial charge in [0.2, 0.25) is 0 Å². The predicted molar refractivity (Wildman–Crippen MR) is 103 cm³/mol. The number of hydrogen-bond acceptors (Lipinski definition) is 6. The molecule has 146 valence electrons. The second-order valence-electron chi connectivity index (χ2n) is 7.06. The van der Waals surface area contributed by atoms with Crippen LogP contribution in [0.15, 0.2) is 48.8 Å². The minimum absolute atomic E-state index is 0.0532. The van der Waals surface area contributed by atoms with Gasteiger partial charge in [0, 0.05) is 30.1 Å². The predicted octanol–water partition coefficient (Wildman–Crippen LogP) is 2.17. The number of nitrogens with zero attached hydrogens (tertiary/aromatic N) is 4. The number of methoxy groups -OCH3 is 1. The van der Waals surface area contributed by atoms with E-state index in [2.05, 4.69) is 20.8 Å². The molecule has 3 aromatic rings. The number of benzene rings is 2. The van der Waals surface area contributed by atoms with E-state index in [4.69, 9.17) is 10.5 Å². The van der Waals surface area contributed by atoms with Crippen LogP contribution in [0.1, 0.15) is 29.9 Å². The average Bonchev–Trinajstić information content (AvgIpc) is 3.37. The number of nitrogens with one attached hydrogen (secondary N) is 1. The van der Waals surface area contributed by atoms with E-state index in [-0.39, 0.29) is 23.8 Å². The van der Waals surface area contributed by atoms with E-state index in [1.54, 1.807) is 18.1 Å². The maximum absolute atomic E-state index is 13.3. The Bertz CT molecular complexity index is 915. The van der Waals surface area contributed by atoms with Crippen LogP contribution in [0.3, 0.4) is 0 Å². The molecule has 1 fully saturated rings. The highest BCUT2D eigenvalue weighted by Gasteiger charge is 2.34. The van der Waals surface area contributed by atoms with Gasteiger partial charge in [-0.3, -0.25) is 0 Å². The van der Waals surface area contributed by atoms with Crippen LogP contribution in [0.4, 0.5) is 4.39 Å². The highest BCUT2D eigenvalue weighted by Crippen LogP contribution is 2.34. The van der Waals surface area contributed by atoms with Gasteiger partial charge in [0.1, 0.15) is 17.9 Å². The lowest BCUT2D eigenvalue weighted by Gasteiger charge is -2.25. The van der Waals surface area contributed by atoms with Crippen molar-refractivity contribution in [2.75, 3.05) is 7.11 Å². The van der Waals surface area contributed by atoms with Crippen LogP contribution in [0, 0.1) is 5.82 Å². The van der Waals surface area contributed by atoms with Crippen molar-refractivity contribution in [2.45, 2.75) is 37.4 Å². The highest BCUT2D eigenvalue weighted by molar-refractivity contribution is 5.43. The Labute approximate surface area is 162 Å². The normalized spacial score (nSPS) is 21.8. The van der Waals surface area contributed by atoms with Gasteiger partial charge in [0.15, 0.2) is 0 Å². The Kier molecular flexibility index (Phi) is 5.31. The van der Waals surface area contributed by atoms with E-state index >= 15 is 0 Å². The molecule has 0 aliphatic heterocycles. The Morgan fingerprint density at radius 3 is 2.75 bits per heavy atom. The number of rotatable bonds is 6. The number of tetrazole rings is 1. The lowest BCUT2D eigenvalue weighted by atomic mass is 9.91. The first-order valence-electron chi connectivity index (χ1n) is 9.30. The van der Waals surface area contributed by atoms with Crippen molar-refractivity contribution in [2.24, 2.45) is 5.73 Å². The van der Waals surface area contributed by atoms with E-state index in [9.17, 15) is 4.39 Å². The number of aromatic nitrogens is 4. The molecule has 2 aromatic carbocycles. The Morgan fingerprint density at radius 2 is 2.04 bits per heavy atom. The third-order valence-electron chi connectivity index (χ3n) is 5.39. The molecule has 1 saturated carbocycles. The summed E-state index contributed by atoms with van der Waals surface area (Å²) in [7, 11) is 1.66. The van der Waals surface area contributed by atoms with Crippen molar-refractivity contribution in [3.05, 3.63) is 65.7 Å². The standard InChI is InChI=1S/C20H23FN6O/c1-28-19-9-6-16(27-12-24-25-26-27)10-14(19)11-23-18-8-7-17(22)20(18)13-2-4-15(21)5-3-13/h2-6,9-10,12,17-18,20,23H,7-8,11,22H2,1H3/t17-,18-,20+/m0/s1. The summed E-state index contributed by atoms with van der Waals surface area (Å²) in [5, 5.41) is 14.9. The lowest BCUT2D eigenvalue weighted by Crippen LogP contribution is -2.36. The molecule has 4 rings (SSSR count). The monoisotopic (exact) mass is 382 g/mol. The summed E-state index contributed by atoms with van der Waals surface area (Å²) in [6, 6.07) is 12.7. The van der Waals surface area contributed by atoms with E-state index in [1.165, 1.54) is 12.1 Å². The van der Waals surface area contributed by atoms with Gasteiger partial charge in [-0.05, 0) is 59.2 Å². The zero-order valence-electron chi connectivity index (χ0n) is 15.6. The fourth-order valence-corrected chi connectivity index (χ4v) is 3.99. The van der Waals surface area contributed by atoms with Gasteiger partial charge < -0.3 is 15.8 Å². The number of ether oxygens (including phenoxy) is 1. The molecule has 1 aromatic heterocycles. The van der Waals surface area contributed by atoms with Gasteiger partial charge in [-0.1, -0.05) is 12.1 Å². The van der Waals surface area contributed by atoms with Gasteiger partial charge in [-0.25, -0.2) is 9.07 Å². The quantitative estimate of drug-likeness (QED) is 0.679. The molecule has 0 bridgehead atoms. The summed E-state index contributed by atoms with van der Waals surface area (Å²) in [4.78, 5) is 0. The van der Waals surface area contributed by atoms with Crippen LogP contribution in [-0.4, -0.2) is 39.4 Å². The van der Waals surface area contributed by atoms with Gasteiger partial charge in [0.05, 0.1) is 12.8 Å². The highest BCUT2D eigenvalue weighted by atomic mass is 19.1. The summed E-state index contributed by atoms with van der Waals surface area (Å²) in [5.41, 5.74) is 9.31. The summed E-state index contributed by atoms with van der Waals surface area (Å²) in [6.45, 7) is 0.619. The Hall–Kier alpha value is -2.84. The molecular formula is C20H23FN6O. The summed E-state index contributed by atoms with van der Waals surface area (Å²) < 4.78 is 20.4. The summed E-state index contributed by atoms with van der Waals surface area (Å²) >= 11 is 0. The number of nitrogens with two attached hydrogens (primary N) is 1. The molecule has 7 nitrogen and oxygen atoms in total. The van der Waals surface area contributed by atoms with E-state index in [1.807, 2.05) is 30.3 Å². The molecular weight excluding hydrogens is 359 g/mol. The summed E-state index contributed by atoms with van der Waals surface area (Å²) in [5.74, 6) is 0.711. The van der Waals surface area contributed by atoms with Crippen LogP contribution in [0.2, 0.25) is 0 Å².